The summed E-state index contributed by atoms with van der Waals surface area (Å²) in [4.78, 5) is 39.9. The maximum absolute atomic E-state index is 13.0. The molecule has 4 amide bonds. The highest BCUT2D eigenvalue weighted by Crippen LogP contribution is 2.32. The van der Waals surface area contributed by atoms with Crippen molar-refractivity contribution in [2.24, 2.45) is 0 Å². The van der Waals surface area contributed by atoms with Crippen LogP contribution < -0.4 is 25.4 Å². The van der Waals surface area contributed by atoms with E-state index >= 15 is 0 Å². The number of nitrogens with zero attached hydrogens (tertiary/aromatic N) is 1. The number of ether oxygens (including phenoxy) is 3. The number of nitrogens with one attached hydrogen (secondary N) is 3. The Morgan fingerprint density at radius 3 is 2.14 bits per heavy atom. The molecule has 0 bridgehead atoms. The monoisotopic (exact) mass is 510 g/mol. The summed E-state index contributed by atoms with van der Waals surface area (Å²) in [5.41, 5.74) is 2.66. The quantitative estimate of drug-likeness (QED) is 0.406. The van der Waals surface area contributed by atoms with E-state index in [1.165, 1.54) is 14.2 Å². The molecule has 0 saturated carbocycles. The van der Waals surface area contributed by atoms with Crippen molar-refractivity contribution < 1.29 is 28.6 Å². The lowest BCUT2D eigenvalue weighted by Crippen LogP contribution is -2.48. The number of urea groups is 2. The van der Waals surface area contributed by atoms with E-state index in [4.69, 9.17) is 14.2 Å². The molecular formula is C27H34N4O6. The van der Waals surface area contributed by atoms with E-state index < -0.39 is 18.0 Å². The molecule has 1 aliphatic rings. The highest BCUT2D eigenvalue weighted by atomic mass is 16.5. The summed E-state index contributed by atoms with van der Waals surface area (Å²) in [6.45, 7) is 7.76. The first kappa shape index (κ1) is 27.4. The fourth-order valence-electron chi connectivity index (χ4n) is 4.00. The smallest absolute Gasteiger partial charge is 0.338 e. The lowest BCUT2D eigenvalue weighted by Gasteiger charge is -2.35. The zero-order valence-electron chi connectivity index (χ0n) is 22.0. The van der Waals surface area contributed by atoms with Gasteiger partial charge in [-0.3, -0.25) is 4.90 Å². The first-order valence-corrected chi connectivity index (χ1v) is 12.1. The lowest BCUT2D eigenvalue weighted by molar-refractivity contribution is -0.143. The molecule has 198 valence electrons. The molecule has 2 aromatic rings. The molecule has 0 fully saturated rings. The molecule has 0 radical (unpaired) electrons. The number of allylic oxidation sites excluding steroid dienone is 1. The molecule has 1 atom stereocenters. The third-order valence-electron chi connectivity index (χ3n) is 5.72. The summed E-state index contributed by atoms with van der Waals surface area (Å²) >= 11 is 0. The Morgan fingerprint density at radius 1 is 1.00 bits per heavy atom. The molecule has 0 saturated heterocycles. The van der Waals surface area contributed by atoms with Crippen LogP contribution >= 0.6 is 0 Å². The fraction of sp³-hybridized carbons (Fsp3) is 0.370. The Bertz CT molecular complexity index is 1150. The number of hydrogen-bond donors (Lipinski definition) is 3. The largest absolute Gasteiger partial charge is 0.497 e. The predicted molar refractivity (Wildman–Crippen MR) is 141 cm³/mol. The summed E-state index contributed by atoms with van der Waals surface area (Å²) in [6.07, 6.45) is 0.438. The van der Waals surface area contributed by atoms with E-state index in [9.17, 15) is 14.4 Å². The van der Waals surface area contributed by atoms with Crippen LogP contribution in [0, 0.1) is 0 Å². The number of rotatable bonds is 9. The Labute approximate surface area is 217 Å². The van der Waals surface area contributed by atoms with Gasteiger partial charge in [0.1, 0.15) is 11.5 Å². The molecule has 2 aromatic carbocycles. The van der Waals surface area contributed by atoms with Crippen LogP contribution in [-0.4, -0.2) is 49.8 Å². The Balaban J connectivity index is 1.80. The van der Waals surface area contributed by atoms with E-state index in [0.29, 0.717) is 46.3 Å². The predicted octanol–water partition coefficient (Wildman–Crippen LogP) is 5.05. The highest BCUT2D eigenvalue weighted by Gasteiger charge is 2.36. The topological polar surface area (TPSA) is 118 Å². The van der Waals surface area contributed by atoms with Gasteiger partial charge in [0.25, 0.3) is 0 Å². The summed E-state index contributed by atoms with van der Waals surface area (Å²) < 4.78 is 15.9. The van der Waals surface area contributed by atoms with Gasteiger partial charge in [0.05, 0.1) is 31.9 Å². The zero-order chi connectivity index (χ0) is 27.1. The zero-order valence-corrected chi connectivity index (χ0v) is 22.0. The van der Waals surface area contributed by atoms with Gasteiger partial charge in [0.15, 0.2) is 0 Å². The normalized spacial score (nSPS) is 15.3. The van der Waals surface area contributed by atoms with Crippen molar-refractivity contribution in [1.82, 2.24) is 10.2 Å². The van der Waals surface area contributed by atoms with E-state index in [2.05, 4.69) is 16.0 Å². The van der Waals surface area contributed by atoms with Crippen LogP contribution in [0.5, 0.6) is 11.5 Å². The van der Waals surface area contributed by atoms with Gasteiger partial charge in [-0.05, 0) is 44.9 Å². The molecule has 1 unspecified atom stereocenters. The SMILES string of the molecule is CCCN1C(=O)NC(c2ccc(NC(=O)Nc3cc(OC)cc(OC)c3)cc2)C(C(=O)OC(C)C)=C1C. The van der Waals surface area contributed by atoms with Gasteiger partial charge in [0, 0.05) is 41.8 Å². The summed E-state index contributed by atoms with van der Waals surface area (Å²) in [5.74, 6) is 0.608. The molecule has 10 heteroatoms. The van der Waals surface area contributed by atoms with Crippen molar-refractivity contribution in [2.45, 2.75) is 46.3 Å². The average molecular weight is 511 g/mol. The van der Waals surface area contributed by atoms with Crippen molar-refractivity contribution in [3.8, 4) is 11.5 Å². The molecule has 1 heterocycles. The second-order valence-electron chi connectivity index (χ2n) is 8.79. The Kier molecular flexibility index (Phi) is 9.00. The van der Waals surface area contributed by atoms with Crippen molar-refractivity contribution in [3.63, 3.8) is 0 Å². The third-order valence-corrected chi connectivity index (χ3v) is 5.72. The van der Waals surface area contributed by atoms with Crippen LogP contribution in [0.15, 0.2) is 53.7 Å². The maximum atomic E-state index is 13.0. The molecule has 10 nitrogen and oxygen atoms in total. The van der Waals surface area contributed by atoms with Gasteiger partial charge < -0.3 is 30.2 Å². The molecule has 1 aliphatic heterocycles. The van der Waals surface area contributed by atoms with E-state index in [1.54, 1.807) is 68.1 Å². The summed E-state index contributed by atoms with van der Waals surface area (Å²) in [6, 6.07) is 10.5. The first-order valence-electron chi connectivity index (χ1n) is 12.1. The van der Waals surface area contributed by atoms with Crippen molar-refractivity contribution in [1.29, 1.82) is 0 Å². The van der Waals surface area contributed by atoms with Crippen LogP contribution in [-0.2, 0) is 9.53 Å². The lowest BCUT2D eigenvalue weighted by atomic mass is 9.94. The minimum Gasteiger partial charge on any atom is -0.497 e. The number of anilines is 2. The number of benzene rings is 2. The second-order valence-corrected chi connectivity index (χ2v) is 8.79. The fourth-order valence-corrected chi connectivity index (χ4v) is 4.00. The van der Waals surface area contributed by atoms with Crippen LogP contribution in [0.4, 0.5) is 21.0 Å². The number of carbonyl (C=O) groups is 3. The van der Waals surface area contributed by atoms with Crippen LogP contribution in [0.1, 0.15) is 45.7 Å². The van der Waals surface area contributed by atoms with Gasteiger partial charge in [-0.15, -0.1) is 0 Å². The van der Waals surface area contributed by atoms with E-state index in [-0.39, 0.29) is 12.1 Å². The second kappa shape index (κ2) is 12.2. The van der Waals surface area contributed by atoms with Gasteiger partial charge in [0.2, 0.25) is 0 Å². The van der Waals surface area contributed by atoms with Gasteiger partial charge >= 0.3 is 18.0 Å². The van der Waals surface area contributed by atoms with Crippen LogP contribution in [0.25, 0.3) is 0 Å². The van der Waals surface area contributed by atoms with Crippen LogP contribution in [0.3, 0.4) is 0 Å². The molecular weight excluding hydrogens is 476 g/mol. The minimum absolute atomic E-state index is 0.277. The van der Waals surface area contributed by atoms with Crippen molar-refractivity contribution in [2.75, 3.05) is 31.4 Å². The number of hydrogen-bond acceptors (Lipinski definition) is 6. The van der Waals surface area contributed by atoms with E-state index in [1.807, 2.05) is 6.92 Å². The van der Waals surface area contributed by atoms with Gasteiger partial charge in [-0.25, -0.2) is 14.4 Å². The number of carbonyl (C=O) groups excluding carboxylic acids is 3. The molecule has 3 rings (SSSR count). The standard InChI is InChI=1S/C27H34N4O6/c1-7-12-31-17(4)23(25(32)37-16(2)3)24(30-27(31)34)18-8-10-19(11-9-18)28-26(33)29-20-13-21(35-5)15-22(14-20)36-6/h8-11,13-16,24H,7,12H2,1-6H3,(H,30,34)(H2,28,29,33). The molecule has 0 spiro atoms. The molecule has 37 heavy (non-hydrogen) atoms. The highest BCUT2D eigenvalue weighted by molar-refractivity contribution is 6.00. The van der Waals surface area contributed by atoms with E-state index in [0.717, 1.165) is 6.42 Å². The Morgan fingerprint density at radius 2 is 1.59 bits per heavy atom. The van der Waals surface area contributed by atoms with Crippen molar-refractivity contribution >= 4 is 29.4 Å². The van der Waals surface area contributed by atoms with Crippen molar-refractivity contribution in [3.05, 3.63) is 59.3 Å². The number of esters is 1. The molecule has 3 N–H and O–H groups in total. The van der Waals surface area contributed by atoms with Gasteiger partial charge in [-0.2, -0.15) is 0 Å². The Hall–Kier alpha value is -4.21. The average Bonchev–Trinajstić information content (AvgIpc) is 2.85. The minimum atomic E-state index is -0.681. The number of amides is 4. The molecule has 0 aromatic heterocycles. The summed E-state index contributed by atoms with van der Waals surface area (Å²) in [7, 11) is 3.06. The van der Waals surface area contributed by atoms with Crippen LogP contribution in [0.2, 0.25) is 0 Å². The first-order chi connectivity index (χ1) is 17.7. The molecule has 0 aliphatic carbocycles. The maximum Gasteiger partial charge on any atom is 0.338 e. The van der Waals surface area contributed by atoms with Gasteiger partial charge in [-0.1, -0.05) is 19.1 Å². The summed E-state index contributed by atoms with van der Waals surface area (Å²) in [5, 5.41) is 8.43. The third kappa shape index (κ3) is 6.72. The number of methoxy groups -OCH3 is 2.